The average molecular weight is 559 g/mol. The molecule has 0 unspecified atom stereocenters. The number of halogens is 2. The maximum Gasteiger partial charge on any atom is 0.335 e. The van der Waals surface area contributed by atoms with Crippen molar-refractivity contribution in [2.75, 3.05) is 4.90 Å². The molecule has 1 atom stereocenters. The number of hydrogen-bond acceptors (Lipinski definition) is 4. The average Bonchev–Trinajstić information content (AvgIpc) is 2.56. The highest BCUT2D eigenvalue weighted by Crippen LogP contribution is 2.22. The first-order valence-corrected chi connectivity index (χ1v) is 9.35. The summed E-state index contributed by atoms with van der Waals surface area (Å²) < 4.78 is 1.96. The highest BCUT2D eigenvalue weighted by molar-refractivity contribution is 14.1. The second-order valence-corrected chi connectivity index (χ2v) is 7.67. The molecule has 4 amide bonds. The van der Waals surface area contributed by atoms with Gasteiger partial charge in [-0.15, -0.1) is 0 Å². The largest absolute Gasteiger partial charge is 0.335 e. The van der Waals surface area contributed by atoms with Gasteiger partial charge in [0.25, 0.3) is 5.91 Å². The second kappa shape index (κ2) is 7.60. The van der Waals surface area contributed by atoms with Gasteiger partial charge >= 0.3 is 6.03 Å². The van der Waals surface area contributed by atoms with Crippen molar-refractivity contribution < 1.29 is 14.4 Å². The quantitative estimate of drug-likeness (QED) is 0.356. The summed E-state index contributed by atoms with van der Waals surface area (Å²) in [6, 6.07) is 13.5. The molecule has 6 nitrogen and oxygen atoms in total. The molecule has 3 rings (SSSR count). The molecule has 1 aliphatic heterocycles. The Morgan fingerprint density at radius 3 is 2.40 bits per heavy atom. The van der Waals surface area contributed by atoms with E-state index in [0.29, 0.717) is 11.4 Å². The highest BCUT2D eigenvalue weighted by Gasteiger charge is 2.40. The fraction of sp³-hybridized carbons (Fsp3) is 0.0588. The summed E-state index contributed by atoms with van der Waals surface area (Å²) in [5, 5.41) is 2.20. The Morgan fingerprint density at radius 1 is 1.00 bits per heavy atom. The lowest BCUT2D eigenvalue weighted by molar-refractivity contribution is -0.131. The van der Waals surface area contributed by atoms with Crippen LogP contribution in [0.2, 0.25) is 0 Å². The Kier molecular flexibility index (Phi) is 5.47. The number of nitrogens with one attached hydrogen (secondary N) is 1. The first-order chi connectivity index (χ1) is 12.0. The van der Waals surface area contributed by atoms with Crippen LogP contribution in [0.25, 0.3) is 0 Å². The molecule has 2 aromatic rings. The predicted molar refractivity (Wildman–Crippen MR) is 111 cm³/mol. The van der Waals surface area contributed by atoms with Gasteiger partial charge in [0.1, 0.15) is 0 Å². The molecule has 8 heteroatoms. The molecule has 0 spiro atoms. The van der Waals surface area contributed by atoms with Crippen molar-refractivity contribution in [1.82, 2.24) is 5.32 Å². The van der Waals surface area contributed by atoms with Crippen LogP contribution in [0.5, 0.6) is 0 Å². The summed E-state index contributed by atoms with van der Waals surface area (Å²) in [6.45, 7) is 0. The van der Waals surface area contributed by atoms with E-state index in [1.165, 1.54) is 6.21 Å². The van der Waals surface area contributed by atoms with Crippen LogP contribution >= 0.6 is 45.2 Å². The predicted octanol–water partition coefficient (Wildman–Crippen LogP) is 3.50. The molecule has 0 aromatic heterocycles. The molecule has 0 bridgehead atoms. The molecule has 1 N–H and O–H groups in total. The number of carbonyl (C=O) groups excluding carboxylic acids is 3. The first kappa shape index (κ1) is 18.0. The van der Waals surface area contributed by atoms with Crippen LogP contribution in [0, 0.1) is 13.1 Å². The number of aliphatic imine (C=N–C) groups is 1. The van der Waals surface area contributed by atoms with Gasteiger partial charge in [0.15, 0.2) is 5.92 Å². The summed E-state index contributed by atoms with van der Waals surface area (Å²) in [5.74, 6) is -2.45. The number of barbiturate groups is 1. The molecule has 0 radical (unpaired) electrons. The molecule has 1 aliphatic rings. The van der Waals surface area contributed by atoms with Crippen LogP contribution in [0.1, 0.15) is 0 Å². The van der Waals surface area contributed by atoms with Gasteiger partial charge in [-0.2, -0.15) is 0 Å². The Labute approximate surface area is 171 Å². The Balaban J connectivity index is 1.89. The molecule has 0 saturated carbocycles. The van der Waals surface area contributed by atoms with E-state index in [1.807, 2.05) is 18.2 Å². The van der Waals surface area contributed by atoms with E-state index >= 15 is 0 Å². The maximum absolute atomic E-state index is 12.7. The third-order valence-corrected chi connectivity index (χ3v) is 4.86. The minimum Gasteiger partial charge on any atom is -0.276 e. The molecule has 2 aromatic carbocycles. The van der Waals surface area contributed by atoms with Crippen molar-refractivity contribution in [3.8, 4) is 0 Å². The van der Waals surface area contributed by atoms with E-state index in [4.69, 9.17) is 0 Å². The van der Waals surface area contributed by atoms with Crippen molar-refractivity contribution in [2.24, 2.45) is 10.9 Å². The number of amides is 4. The van der Waals surface area contributed by atoms with Gasteiger partial charge in [0.05, 0.1) is 11.4 Å². The van der Waals surface area contributed by atoms with Gasteiger partial charge in [0, 0.05) is 13.4 Å². The van der Waals surface area contributed by atoms with E-state index in [0.717, 1.165) is 12.0 Å². The second-order valence-electron chi connectivity index (χ2n) is 5.18. The molecule has 1 heterocycles. The van der Waals surface area contributed by atoms with E-state index in [9.17, 15) is 14.4 Å². The number of benzene rings is 2. The standard InChI is InChI=1S/C17H11I2N3O3/c18-10-4-6-13(7-5-10)22-16(24)14(15(23)21-17(22)25)9-20-12-3-1-2-11(19)8-12/h1-9,14H,(H,21,23,25)/t14-/m0/s1. The molecule has 126 valence electrons. The molecular formula is C17H11I2N3O3. The molecule has 1 fully saturated rings. The SMILES string of the molecule is O=C1NC(=O)N(c2ccc(I)cc2)C(=O)[C@H]1C=Nc1cccc(I)c1. The topological polar surface area (TPSA) is 78.8 Å². The third-order valence-electron chi connectivity index (χ3n) is 3.47. The zero-order valence-electron chi connectivity index (χ0n) is 12.6. The van der Waals surface area contributed by atoms with Gasteiger partial charge in [-0.3, -0.25) is 19.9 Å². The fourth-order valence-electron chi connectivity index (χ4n) is 2.27. The minimum absolute atomic E-state index is 0.406. The molecule has 1 saturated heterocycles. The minimum atomic E-state index is -1.16. The zero-order chi connectivity index (χ0) is 18.0. The summed E-state index contributed by atoms with van der Waals surface area (Å²) in [4.78, 5) is 42.0. The van der Waals surface area contributed by atoms with Gasteiger partial charge < -0.3 is 0 Å². The van der Waals surface area contributed by atoms with Gasteiger partial charge in [-0.05, 0) is 87.6 Å². The number of nitrogens with zero attached hydrogens (tertiary/aromatic N) is 2. The normalized spacial score (nSPS) is 17.9. The van der Waals surface area contributed by atoms with Crippen LogP contribution < -0.4 is 10.2 Å². The number of carbonyl (C=O) groups is 3. The lowest BCUT2D eigenvalue weighted by Crippen LogP contribution is -2.58. The van der Waals surface area contributed by atoms with Crippen LogP contribution in [0.3, 0.4) is 0 Å². The lowest BCUT2D eigenvalue weighted by Gasteiger charge is -2.28. The van der Waals surface area contributed by atoms with Crippen LogP contribution in [0.15, 0.2) is 53.5 Å². The Hall–Kier alpha value is -1.82. The van der Waals surface area contributed by atoms with Crippen molar-refractivity contribution in [3.05, 3.63) is 55.7 Å². The zero-order valence-corrected chi connectivity index (χ0v) is 17.0. The van der Waals surface area contributed by atoms with Crippen molar-refractivity contribution in [3.63, 3.8) is 0 Å². The van der Waals surface area contributed by atoms with Crippen molar-refractivity contribution in [2.45, 2.75) is 0 Å². The highest BCUT2D eigenvalue weighted by atomic mass is 127. The van der Waals surface area contributed by atoms with E-state index < -0.39 is 23.8 Å². The van der Waals surface area contributed by atoms with Crippen LogP contribution in [0.4, 0.5) is 16.2 Å². The van der Waals surface area contributed by atoms with E-state index in [1.54, 1.807) is 30.3 Å². The number of imide groups is 2. The smallest absolute Gasteiger partial charge is 0.276 e. The maximum atomic E-state index is 12.7. The van der Waals surface area contributed by atoms with E-state index in [2.05, 4.69) is 55.5 Å². The van der Waals surface area contributed by atoms with Gasteiger partial charge in [-0.1, -0.05) is 6.07 Å². The molecule has 25 heavy (non-hydrogen) atoms. The third kappa shape index (κ3) is 4.06. The monoisotopic (exact) mass is 559 g/mol. The van der Waals surface area contributed by atoms with Crippen molar-refractivity contribution in [1.29, 1.82) is 0 Å². The van der Waals surface area contributed by atoms with E-state index in [-0.39, 0.29) is 0 Å². The number of hydrogen-bond donors (Lipinski definition) is 1. The molecular weight excluding hydrogens is 548 g/mol. The fourth-order valence-corrected chi connectivity index (χ4v) is 3.16. The van der Waals surface area contributed by atoms with Gasteiger partial charge in [-0.25, -0.2) is 9.69 Å². The summed E-state index contributed by atoms with van der Waals surface area (Å²) in [7, 11) is 0. The number of rotatable bonds is 3. The van der Waals surface area contributed by atoms with Crippen molar-refractivity contribution >= 4 is 80.6 Å². The molecule has 0 aliphatic carbocycles. The summed E-state index contributed by atoms with van der Waals surface area (Å²) >= 11 is 4.28. The summed E-state index contributed by atoms with van der Waals surface area (Å²) in [5.41, 5.74) is 1.04. The lowest BCUT2D eigenvalue weighted by atomic mass is 10.1. The number of anilines is 1. The van der Waals surface area contributed by atoms with Gasteiger partial charge in [0.2, 0.25) is 5.91 Å². The number of urea groups is 1. The Bertz CT molecular complexity index is 881. The van der Waals surface area contributed by atoms with Crippen LogP contribution in [-0.2, 0) is 9.59 Å². The summed E-state index contributed by atoms with van der Waals surface area (Å²) in [6.07, 6.45) is 1.27. The Morgan fingerprint density at radius 2 is 1.72 bits per heavy atom. The first-order valence-electron chi connectivity index (χ1n) is 7.20. The van der Waals surface area contributed by atoms with Crippen LogP contribution in [-0.4, -0.2) is 24.1 Å².